The minimum absolute atomic E-state index is 0.0250. The van der Waals surface area contributed by atoms with Gasteiger partial charge in [0, 0.05) is 25.0 Å². The topological polar surface area (TPSA) is 84.3 Å². The fourth-order valence-corrected chi connectivity index (χ4v) is 4.86. The summed E-state index contributed by atoms with van der Waals surface area (Å²) in [6.45, 7) is 0.0250. The van der Waals surface area contributed by atoms with Gasteiger partial charge in [0.05, 0.1) is 16.1 Å². The van der Waals surface area contributed by atoms with Gasteiger partial charge in [-0.05, 0) is 37.1 Å². The van der Waals surface area contributed by atoms with Crippen molar-refractivity contribution in [3.05, 3.63) is 41.7 Å². The fraction of sp³-hybridized carbons (Fsp3) is 0.444. The van der Waals surface area contributed by atoms with Crippen LogP contribution in [-0.4, -0.2) is 41.5 Å². The van der Waals surface area contributed by atoms with Gasteiger partial charge in [0.25, 0.3) is 0 Å². The van der Waals surface area contributed by atoms with Crippen molar-refractivity contribution in [2.24, 2.45) is 0 Å². The molecule has 9 heteroatoms. The molecule has 1 aromatic heterocycles. The molecule has 146 valence electrons. The third-order valence-electron chi connectivity index (χ3n) is 4.81. The van der Waals surface area contributed by atoms with E-state index in [1.165, 1.54) is 33.7 Å². The number of rotatable bonds is 6. The molecule has 1 heterocycles. The van der Waals surface area contributed by atoms with Gasteiger partial charge in [0.2, 0.25) is 15.9 Å². The summed E-state index contributed by atoms with van der Waals surface area (Å²) in [5.41, 5.74) is 0.525. The lowest BCUT2D eigenvalue weighted by Gasteiger charge is -2.30. The number of hydrogen-bond acceptors (Lipinski definition) is 4. The van der Waals surface area contributed by atoms with Crippen LogP contribution in [0.4, 0.5) is 5.69 Å². The number of anilines is 1. The van der Waals surface area contributed by atoms with Crippen molar-refractivity contribution in [2.45, 2.75) is 49.6 Å². The molecule has 1 aliphatic carbocycles. The third-order valence-corrected chi connectivity index (χ3v) is 6.93. The van der Waals surface area contributed by atoms with Crippen LogP contribution in [0.2, 0.25) is 5.02 Å². The van der Waals surface area contributed by atoms with E-state index in [9.17, 15) is 13.2 Å². The normalized spacial score (nSPS) is 15.8. The van der Waals surface area contributed by atoms with Crippen molar-refractivity contribution in [1.82, 2.24) is 14.1 Å². The van der Waals surface area contributed by atoms with Crippen molar-refractivity contribution in [1.29, 1.82) is 0 Å². The first-order chi connectivity index (χ1) is 12.9. The Morgan fingerprint density at radius 1 is 1.26 bits per heavy atom. The average molecular weight is 411 g/mol. The number of hydrogen-bond donors (Lipinski definition) is 1. The molecule has 0 aliphatic heterocycles. The van der Waals surface area contributed by atoms with Gasteiger partial charge >= 0.3 is 0 Å². The molecule has 2 aromatic rings. The lowest BCUT2D eigenvalue weighted by molar-refractivity contribution is -0.116. The van der Waals surface area contributed by atoms with Crippen LogP contribution in [0.25, 0.3) is 0 Å². The van der Waals surface area contributed by atoms with Crippen molar-refractivity contribution < 1.29 is 13.2 Å². The van der Waals surface area contributed by atoms with E-state index in [2.05, 4.69) is 10.4 Å². The summed E-state index contributed by atoms with van der Waals surface area (Å²) >= 11 is 5.77. The van der Waals surface area contributed by atoms with Gasteiger partial charge in [-0.2, -0.15) is 9.40 Å². The molecular weight excluding hydrogens is 388 g/mol. The first-order valence-corrected chi connectivity index (χ1v) is 10.7. The maximum Gasteiger partial charge on any atom is 0.246 e. The number of nitrogens with one attached hydrogen (secondary N) is 1. The molecular formula is C18H23ClN4O3S. The van der Waals surface area contributed by atoms with Crippen LogP contribution in [0.15, 0.2) is 41.6 Å². The fourth-order valence-electron chi connectivity index (χ4n) is 3.29. The highest BCUT2D eigenvalue weighted by atomic mass is 35.5. The lowest BCUT2D eigenvalue weighted by Crippen LogP contribution is -2.38. The predicted molar refractivity (Wildman–Crippen MR) is 104 cm³/mol. The monoisotopic (exact) mass is 410 g/mol. The highest BCUT2D eigenvalue weighted by molar-refractivity contribution is 7.89. The Balaban J connectivity index is 1.64. The summed E-state index contributed by atoms with van der Waals surface area (Å²) in [6, 6.07) is 6.29. The molecule has 1 fully saturated rings. The van der Waals surface area contributed by atoms with Crippen LogP contribution in [0.1, 0.15) is 32.1 Å². The van der Waals surface area contributed by atoms with E-state index in [0.717, 1.165) is 25.7 Å². The maximum absolute atomic E-state index is 12.8. The van der Waals surface area contributed by atoms with Crippen LogP contribution in [-0.2, 0) is 21.4 Å². The molecule has 1 amide bonds. The zero-order valence-corrected chi connectivity index (χ0v) is 16.7. The zero-order valence-electron chi connectivity index (χ0n) is 15.1. The molecule has 27 heavy (non-hydrogen) atoms. The Kier molecular flexibility index (Phi) is 6.18. The van der Waals surface area contributed by atoms with Gasteiger partial charge in [0.15, 0.2) is 0 Å². The summed E-state index contributed by atoms with van der Waals surface area (Å²) in [6.07, 6.45) is 8.12. The van der Waals surface area contributed by atoms with E-state index in [1.54, 1.807) is 25.4 Å². The molecule has 1 N–H and O–H groups in total. The van der Waals surface area contributed by atoms with E-state index in [1.807, 2.05) is 0 Å². The van der Waals surface area contributed by atoms with Gasteiger partial charge in [-0.1, -0.05) is 30.9 Å². The molecule has 1 aliphatic rings. The largest absolute Gasteiger partial charge is 0.324 e. The lowest BCUT2D eigenvalue weighted by atomic mass is 9.96. The number of carbonyl (C=O) groups is 1. The van der Waals surface area contributed by atoms with E-state index < -0.39 is 10.0 Å². The van der Waals surface area contributed by atoms with E-state index >= 15 is 0 Å². The van der Waals surface area contributed by atoms with Crippen LogP contribution in [0, 0.1) is 0 Å². The van der Waals surface area contributed by atoms with Crippen LogP contribution in [0.3, 0.4) is 0 Å². The van der Waals surface area contributed by atoms with E-state index in [4.69, 9.17) is 11.6 Å². The summed E-state index contributed by atoms with van der Waals surface area (Å²) in [5, 5.41) is 7.12. The Morgan fingerprint density at radius 2 is 1.93 bits per heavy atom. The molecule has 0 unspecified atom stereocenters. The quantitative estimate of drug-likeness (QED) is 0.792. The van der Waals surface area contributed by atoms with Gasteiger partial charge in [-0.25, -0.2) is 8.42 Å². The highest BCUT2D eigenvalue weighted by Crippen LogP contribution is 2.27. The number of sulfonamides is 1. The first kappa shape index (κ1) is 19.9. The Labute approximate surface area is 164 Å². The first-order valence-electron chi connectivity index (χ1n) is 8.92. The SMILES string of the molecule is CN(C1CCCCC1)S(=O)(=O)c1ccc(NC(=O)Cn2cc(Cl)cn2)cc1. The molecule has 3 rings (SSSR count). The number of nitrogens with zero attached hydrogens (tertiary/aromatic N) is 3. The number of aromatic nitrogens is 2. The molecule has 0 spiro atoms. The van der Waals surface area contributed by atoms with Crippen LogP contribution in [0.5, 0.6) is 0 Å². The summed E-state index contributed by atoms with van der Waals surface area (Å²) in [5.74, 6) is -0.273. The molecule has 0 atom stereocenters. The number of amides is 1. The number of benzene rings is 1. The van der Waals surface area contributed by atoms with Crippen molar-refractivity contribution in [2.75, 3.05) is 12.4 Å². The Hall–Kier alpha value is -1.90. The van der Waals surface area contributed by atoms with Gasteiger partial charge in [-0.3, -0.25) is 9.48 Å². The van der Waals surface area contributed by atoms with E-state index in [-0.39, 0.29) is 23.4 Å². The van der Waals surface area contributed by atoms with Crippen molar-refractivity contribution >= 4 is 33.2 Å². The average Bonchev–Trinajstić information content (AvgIpc) is 3.06. The van der Waals surface area contributed by atoms with Gasteiger partial charge in [0.1, 0.15) is 6.54 Å². The Morgan fingerprint density at radius 3 is 2.52 bits per heavy atom. The number of carbonyl (C=O) groups excluding carboxylic acids is 1. The van der Waals surface area contributed by atoms with Crippen LogP contribution >= 0.6 is 11.6 Å². The zero-order chi connectivity index (χ0) is 19.4. The molecule has 0 radical (unpaired) electrons. The maximum atomic E-state index is 12.8. The van der Waals surface area contributed by atoms with Gasteiger partial charge < -0.3 is 5.32 Å². The molecule has 0 bridgehead atoms. The Bertz CT molecular complexity index is 890. The van der Waals surface area contributed by atoms with Crippen molar-refractivity contribution in [3.63, 3.8) is 0 Å². The molecule has 1 aromatic carbocycles. The standard InChI is InChI=1S/C18H23ClN4O3S/c1-22(16-5-3-2-4-6-16)27(25,26)17-9-7-15(8-10-17)21-18(24)13-23-12-14(19)11-20-23/h7-12,16H,2-6,13H2,1H3,(H,21,24). The molecule has 0 saturated heterocycles. The minimum atomic E-state index is -3.54. The number of halogens is 1. The summed E-state index contributed by atoms with van der Waals surface area (Å²) in [7, 11) is -1.89. The molecule has 1 saturated carbocycles. The predicted octanol–water partition coefficient (Wildman–Crippen LogP) is 3.13. The second-order valence-electron chi connectivity index (χ2n) is 6.74. The minimum Gasteiger partial charge on any atom is -0.324 e. The third kappa shape index (κ3) is 4.88. The highest BCUT2D eigenvalue weighted by Gasteiger charge is 2.28. The second kappa shape index (κ2) is 8.41. The van der Waals surface area contributed by atoms with Gasteiger partial charge in [-0.15, -0.1) is 0 Å². The smallest absolute Gasteiger partial charge is 0.246 e. The van der Waals surface area contributed by atoms with E-state index in [0.29, 0.717) is 10.7 Å². The summed E-state index contributed by atoms with van der Waals surface area (Å²) < 4.78 is 28.6. The van der Waals surface area contributed by atoms with Crippen LogP contribution < -0.4 is 5.32 Å². The molecule has 7 nitrogen and oxygen atoms in total. The summed E-state index contributed by atoms with van der Waals surface area (Å²) in [4.78, 5) is 12.3. The second-order valence-corrected chi connectivity index (χ2v) is 9.18. The van der Waals surface area contributed by atoms with Crippen molar-refractivity contribution in [3.8, 4) is 0 Å².